The number of benzene rings is 1. The van der Waals surface area contributed by atoms with Gasteiger partial charge in [-0.1, -0.05) is 169 Å². The molecule has 706 valence electrons. The van der Waals surface area contributed by atoms with E-state index in [9.17, 15) is 99.1 Å². The van der Waals surface area contributed by atoms with Gasteiger partial charge < -0.3 is 60.2 Å². The Kier molecular flexibility index (Phi) is 48.0. The van der Waals surface area contributed by atoms with E-state index in [1.54, 1.807) is 103 Å². The number of allylic oxidation sites excluding steroid dienone is 7. The topological polar surface area (TPSA) is 683 Å². The second-order valence-corrected chi connectivity index (χ2v) is 39.6. The monoisotopic (exact) mass is 2100 g/mol. The van der Waals surface area contributed by atoms with Gasteiger partial charge >= 0.3 is 63.0 Å². The molecule has 2 aromatic rings. The van der Waals surface area contributed by atoms with E-state index in [0.29, 0.717) is 66.1 Å². The number of aromatic nitrogens is 1. The Bertz CT molecular complexity index is 5740. The zero-order valence-electron chi connectivity index (χ0n) is 68.8. The van der Waals surface area contributed by atoms with E-state index in [4.69, 9.17) is 144 Å². The van der Waals surface area contributed by atoms with Crippen LogP contribution in [0, 0.1) is 22.7 Å². The molecule has 1 aromatic heterocycles. The van der Waals surface area contributed by atoms with Gasteiger partial charge in [0.2, 0.25) is 0 Å². The Balaban J connectivity index is 0.000000508. The highest BCUT2D eigenvalue weighted by molar-refractivity contribution is 8.28. The number of nitriles is 2. The average Bonchev–Trinajstić information content (AvgIpc) is 1.29. The van der Waals surface area contributed by atoms with Crippen molar-refractivity contribution in [1.82, 2.24) is 43.8 Å². The van der Waals surface area contributed by atoms with Crippen LogP contribution in [0.4, 0.5) is 10.5 Å². The van der Waals surface area contributed by atoms with Crippen molar-refractivity contribution in [1.29, 1.82) is 10.5 Å². The van der Waals surface area contributed by atoms with E-state index in [1.165, 1.54) is 91.0 Å². The van der Waals surface area contributed by atoms with Crippen LogP contribution in [0.25, 0.3) is 11.6 Å². The number of carbonyl (C=O) groups excluding carboxylic acids is 9. The number of imide groups is 2. The van der Waals surface area contributed by atoms with E-state index in [2.05, 4.69) is 0 Å². The van der Waals surface area contributed by atoms with Gasteiger partial charge in [-0.2, -0.15) is 18.9 Å². The number of barbiturate groups is 1. The first-order valence-electron chi connectivity index (χ1n) is 35.9. The third kappa shape index (κ3) is 35.6. The summed E-state index contributed by atoms with van der Waals surface area (Å²) in [7, 11) is -12.1. The largest absolute Gasteiger partial charge is 0.481 e. The lowest BCUT2D eigenvalue weighted by Gasteiger charge is -2.31. The number of hydrogen-bond donors (Lipinski definition) is 12. The van der Waals surface area contributed by atoms with Crippen molar-refractivity contribution in [2.24, 2.45) is 0 Å². The van der Waals surface area contributed by atoms with Crippen molar-refractivity contribution in [2.45, 2.75) is 74.8 Å². The maximum Gasteiger partial charge on any atom is 0.335 e. The van der Waals surface area contributed by atoms with Crippen molar-refractivity contribution >= 4 is 308 Å². The van der Waals surface area contributed by atoms with Gasteiger partial charge in [0.15, 0.2) is 15.0 Å². The van der Waals surface area contributed by atoms with Crippen LogP contribution < -0.4 is 19.7 Å². The van der Waals surface area contributed by atoms with Crippen LogP contribution in [0.1, 0.15) is 78.6 Å². The van der Waals surface area contributed by atoms with Gasteiger partial charge in [-0.25, -0.2) is 19.4 Å². The minimum atomic E-state index is -4.08. The normalized spacial score (nSPS) is 17.6. The summed E-state index contributed by atoms with van der Waals surface area (Å²) in [6.07, 6.45) is 11.9. The highest BCUT2D eigenvalue weighted by Gasteiger charge is 2.45. The van der Waals surface area contributed by atoms with Crippen LogP contribution in [0.5, 0.6) is 0 Å². The van der Waals surface area contributed by atoms with E-state index >= 15 is 0 Å². The molecule has 0 aliphatic carbocycles. The van der Waals surface area contributed by atoms with Crippen LogP contribution in [-0.2, 0) is 92.9 Å². The number of nitrogens with zero attached hydrogens (tertiary/aromatic N) is 12. The van der Waals surface area contributed by atoms with Crippen LogP contribution in [0.3, 0.4) is 0 Å². The quantitative estimate of drug-likeness (QED) is 0.0218. The second kappa shape index (κ2) is 53.9. The molecule has 9 rings (SSSR count). The van der Waals surface area contributed by atoms with Gasteiger partial charge in [-0.15, -0.1) is 11.3 Å². The highest BCUT2D eigenvalue weighted by atomic mass is 32.2. The fourth-order valence-electron chi connectivity index (χ4n) is 9.88. The molecule has 7 saturated heterocycles. The summed E-state index contributed by atoms with van der Waals surface area (Å²) in [5.41, 5.74) is -0.366. The smallest absolute Gasteiger partial charge is 0.335 e. The van der Waals surface area contributed by atoms with Crippen LogP contribution in [0.15, 0.2) is 107 Å². The molecule has 1 aromatic carbocycles. The lowest BCUT2D eigenvalue weighted by atomic mass is 10.1. The number of aliphatic carboxylic acids is 6. The molecule has 0 unspecified atom stereocenters. The number of rotatable bonds is 25. The first-order valence-corrected chi connectivity index (χ1v) is 48.5. The van der Waals surface area contributed by atoms with Gasteiger partial charge in [0, 0.05) is 26.2 Å². The Morgan fingerprint density at radius 1 is 0.427 bits per heavy atom. The summed E-state index contributed by atoms with van der Waals surface area (Å²) >= 11 is 36.7. The molecule has 60 heteroatoms. The van der Waals surface area contributed by atoms with Gasteiger partial charge in [-0.05, 0) is 98.3 Å². The number of thiocarbonyl (C=S) groups is 6. The van der Waals surface area contributed by atoms with Crippen molar-refractivity contribution in [3.05, 3.63) is 128 Å². The van der Waals surface area contributed by atoms with Gasteiger partial charge in [-0.3, -0.25) is 120 Å². The third-order valence-corrected chi connectivity index (χ3v) is 27.3. The SMILES string of the molecule is C/C=C1/SC(=S)N(CCC(=O)O)C1=O.C/C=C1/SC(=S)N(CCCP(=O)(O)O)C1=O.C/C=C1/SC(=S)N(CCP(=O)(O)O)C1=O.C/C=C1/SC(=S)N(CCS(=O)(=O)O)C1=O.C/C=C1/SC(=S)N(c2ccc(C(=O)O)cc2)C1=O.C/C=C1\C(=O)N(CC(=O)O)C(=S)N1CC(=O)O.C/C=c1/sc(=C(C#N)C#N)n(CC(=O)O)c1=O.CC=C1C(=O)N(CC(=O)O)C(=O)N(CC(=O)O)C1=O. The summed E-state index contributed by atoms with van der Waals surface area (Å²) in [5, 5.41) is 77.9. The lowest BCUT2D eigenvalue weighted by molar-refractivity contribution is -0.147. The molecule has 0 atom stereocenters. The van der Waals surface area contributed by atoms with E-state index in [0.717, 1.165) is 55.3 Å². The zero-order valence-corrected chi connectivity index (χ0v) is 81.2. The van der Waals surface area contributed by atoms with Gasteiger partial charge in [0.1, 0.15) is 78.1 Å². The predicted molar refractivity (Wildman–Crippen MR) is 503 cm³/mol. The highest BCUT2D eigenvalue weighted by Crippen LogP contribution is 2.40. The number of thiazole rings is 1. The number of hydrogen-bond acceptors (Lipinski definition) is 35. The van der Waals surface area contributed by atoms with Crippen molar-refractivity contribution < 1.29 is 154 Å². The Morgan fingerprint density at radius 2 is 0.794 bits per heavy atom. The summed E-state index contributed by atoms with van der Waals surface area (Å²) in [6, 6.07) is 8.09. The first kappa shape index (κ1) is 117. The first-order chi connectivity index (χ1) is 60.9. The number of aromatic carboxylic acids is 1. The molecule has 0 saturated carbocycles. The van der Waals surface area contributed by atoms with Crippen molar-refractivity contribution in [3.8, 4) is 12.1 Å². The molecule has 0 bridgehead atoms. The fraction of sp³-hybridized carbons (Fsp3) is 0.310. The standard InChI is InChI=1S/C12H9NO3S2.C10H7N3O3S.C10H10N2O7.C9H10N2O5S.C8H12NO4PS2.C8H9NO3S2.C7H10NO4PS2.C7H9NO4S3/c1-2-9-10(14)13(12(17)18-9)8-5-3-7(4-6-8)11(15)16;1-2-7-9(16)13(5-8(14)15)10(17-7)6(3-11)4-12;1-2-5-8(17)11(3-6(13)14)10(19)12(9(5)18)4-7(15)16;1-2-5-8(16)11(4-7(14)15)9(17)10(5)3-6(12)13;1-2-6-7(10)9(8(15)16-6)4-3-5-14(11,12)13;1-2-5-7(12)9(8(13)14-5)4-3-6(10)11;1-2-5-6(9)8(7(14)15-5)3-4-13(10,11)12;1-2-5-6(9)8(7(13)14-5)3-4-15(10,11)12/h2-6H,1H3,(H,15,16);2H,5H2,1H3,(H,14,15);2H,3-4H2,1H3,(H,13,14)(H,15,16);2H,3-4H2,1H3,(H,12,13)(H,14,15);2H,3-5H2,1H3,(H2,11,12,13);2H,3-4H2,1H3,(H,10,11);2H,3-4H2,1H3,(H2,10,11,12);2H,3-4H2,1H3,(H,10,11,12)/b9-2+;7-2+;;5-2+;6-2+;3*5-2+. The summed E-state index contributed by atoms with van der Waals surface area (Å²) in [4.78, 5) is 237. The molecule has 10 amide bonds. The Labute approximate surface area is 799 Å². The summed E-state index contributed by atoms with van der Waals surface area (Å²) < 4.78 is 54.1. The average molecular weight is 2100 g/mol. The van der Waals surface area contributed by atoms with Crippen LogP contribution >= 0.6 is 159 Å². The summed E-state index contributed by atoms with van der Waals surface area (Å²) in [6.45, 7) is 9.98. The second-order valence-electron chi connectivity index (χ2n) is 24.7. The van der Waals surface area contributed by atoms with Crippen LogP contribution in [-0.4, -0.2) is 304 Å². The molecule has 0 radical (unpaired) electrons. The van der Waals surface area contributed by atoms with Crippen LogP contribution in [0.2, 0.25) is 0 Å². The number of amides is 10. The Hall–Kier alpha value is -10.4. The molecule has 0 spiro atoms. The number of carboxylic acid groups (broad SMARTS) is 7. The molecule has 131 heavy (non-hydrogen) atoms. The van der Waals surface area contributed by atoms with E-state index < -0.39 is 140 Å². The molecular formula is C71H76N12O33P2S13. The predicted octanol–water partition coefficient (Wildman–Crippen LogP) is 4.14. The van der Waals surface area contributed by atoms with E-state index in [1.807, 2.05) is 0 Å². The van der Waals surface area contributed by atoms with Crippen molar-refractivity contribution in [3.63, 3.8) is 0 Å². The third-order valence-electron chi connectivity index (χ3n) is 15.8. The number of thioether (sulfide) groups is 5. The van der Waals surface area contributed by atoms with Gasteiger partial charge in [0.05, 0.1) is 64.8 Å². The molecule has 7 fully saturated rings. The zero-order chi connectivity index (χ0) is 101. The molecule has 8 heterocycles. The molecule has 7 aliphatic rings. The summed E-state index contributed by atoms with van der Waals surface area (Å²) in [5.74, 6) is -12.8. The van der Waals surface area contributed by atoms with Gasteiger partial charge in [0.25, 0.3) is 62.9 Å². The molecular weight excluding hydrogens is 2030 g/mol. The lowest BCUT2D eigenvalue weighted by Crippen LogP contribution is -2.58. The van der Waals surface area contributed by atoms with E-state index in [-0.39, 0.29) is 107 Å². The maximum atomic E-state index is 12.0. The maximum absolute atomic E-state index is 12.0. The number of anilines is 1. The fourth-order valence-corrected chi connectivity index (χ4v) is 18.7. The molecule has 7 aliphatic heterocycles. The minimum absolute atomic E-state index is 0.0354. The number of urea groups is 1. The Morgan fingerprint density at radius 3 is 1.12 bits per heavy atom. The van der Waals surface area contributed by atoms with Crippen molar-refractivity contribution in [2.75, 3.05) is 75.3 Å². The molecule has 45 nitrogen and oxygen atoms in total. The molecule has 12 N–H and O–H groups in total. The number of carboxylic acids is 7. The number of carbonyl (C=O) groups is 16. The minimum Gasteiger partial charge on any atom is -0.481 e.